The molecule has 0 bridgehead atoms. The van der Waals surface area contributed by atoms with Crippen LogP contribution < -0.4 is 0 Å². The lowest BCUT2D eigenvalue weighted by molar-refractivity contribution is 0.381. The van der Waals surface area contributed by atoms with Crippen LogP contribution in [-0.4, -0.2) is 0 Å². The molecule has 0 heteroatoms. The van der Waals surface area contributed by atoms with Gasteiger partial charge in [-0.1, -0.05) is 31.4 Å². The van der Waals surface area contributed by atoms with Gasteiger partial charge in [0.25, 0.3) is 0 Å². The molecule has 0 spiro atoms. The zero-order valence-corrected chi connectivity index (χ0v) is 9.10. The summed E-state index contributed by atoms with van der Waals surface area (Å²) >= 11 is 0. The summed E-state index contributed by atoms with van der Waals surface area (Å²) in [6.07, 6.45) is 10.2. The van der Waals surface area contributed by atoms with Crippen molar-refractivity contribution in [3.05, 3.63) is 11.1 Å². The van der Waals surface area contributed by atoms with Gasteiger partial charge in [0.15, 0.2) is 0 Å². The van der Waals surface area contributed by atoms with Crippen LogP contribution in [0.25, 0.3) is 0 Å². The maximum Gasteiger partial charge on any atom is -0.0200 e. The van der Waals surface area contributed by atoms with Gasteiger partial charge in [0.05, 0.1) is 0 Å². The van der Waals surface area contributed by atoms with Crippen LogP contribution in [0.3, 0.4) is 0 Å². The highest BCUT2D eigenvalue weighted by molar-refractivity contribution is 5.22. The third kappa shape index (κ3) is 1.82. The molecule has 13 heavy (non-hydrogen) atoms. The Morgan fingerprint density at radius 2 is 1.77 bits per heavy atom. The number of allylic oxidation sites excluding steroid dienone is 2. The first kappa shape index (κ1) is 9.30. The van der Waals surface area contributed by atoms with Gasteiger partial charge in [0.1, 0.15) is 0 Å². The Labute approximate surface area is 82.4 Å². The molecule has 1 fully saturated rings. The summed E-state index contributed by atoms with van der Waals surface area (Å²) in [4.78, 5) is 0. The van der Waals surface area contributed by atoms with Gasteiger partial charge in [0.2, 0.25) is 0 Å². The van der Waals surface area contributed by atoms with E-state index in [9.17, 15) is 0 Å². The topological polar surface area (TPSA) is 0 Å². The molecule has 0 aromatic rings. The van der Waals surface area contributed by atoms with Crippen molar-refractivity contribution in [2.75, 3.05) is 0 Å². The van der Waals surface area contributed by atoms with Crippen LogP contribution in [0.5, 0.6) is 0 Å². The van der Waals surface area contributed by atoms with E-state index in [2.05, 4.69) is 13.8 Å². The van der Waals surface area contributed by atoms with E-state index in [0.29, 0.717) is 0 Å². The molecule has 0 nitrogen and oxygen atoms in total. The van der Waals surface area contributed by atoms with Gasteiger partial charge in [0, 0.05) is 0 Å². The van der Waals surface area contributed by atoms with Crippen molar-refractivity contribution >= 4 is 0 Å². The number of fused-ring (bicyclic) bond motifs is 1. The Balaban J connectivity index is 2.23. The SMILES string of the molecule is CC(C)C1=C2CCCCC2CCC1. The number of rotatable bonds is 1. The second-order valence-electron chi connectivity index (χ2n) is 5.04. The molecule has 2 aliphatic rings. The largest absolute Gasteiger partial charge is 0.0682 e. The average Bonchev–Trinajstić information content (AvgIpc) is 2.17. The van der Waals surface area contributed by atoms with Gasteiger partial charge in [-0.25, -0.2) is 0 Å². The normalized spacial score (nSPS) is 29.3. The van der Waals surface area contributed by atoms with E-state index >= 15 is 0 Å². The van der Waals surface area contributed by atoms with Crippen molar-refractivity contribution in [2.45, 2.75) is 58.8 Å². The van der Waals surface area contributed by atoms with E-state index in [0.717, 1.165) is 11.8 Å². The predicted molar refractivity (Wildman–Crippen MR) is 57.7 cm³/mol. The molecule has 0 radical (unpaired) electrons. The second-order valence-corrected chi connectivity index (χ2v) is 5.04. The fourth-order valence-electron chi connectivity index (χ4n) is 3.18. The molecule has 1 saturated carbocycles. The molecule has 0 aromatic heterocycles. The molecule has 0 aromatic carbocycles. The van der Waals surface area contributed by atoms with E-state index in [1.54, 1.807) is 0 Å². The maximum absolute atomic E-state index is 2.37. The van der Waals surface area contributed by atoms with Crippen LogP contribution in [0.2, 0.25) is 0 Å². The first-order valence-electron chi connectivity index (χ1n) is 6.01. The van der Waals surface area contributed by atoms with E-state index in [1.165, 1.54) is 44.9 Å². The minimum Gasteiger partial charge on any atom is -0.0682 e. The molecule has 0 heterocycles. The van der Waals surface area contributed by atoms with Crippen LogP contribution in [0.15, 0.2) is 11.1 Å². The molecule has 74 valence electrons. The number of hydrogen-bond donors (Lipinski definition) is 0. The molecule has 0 aliphatic heterocycles. The van der Waals surface area contributed by atoms with E-state index in [4.69, 9.17) is 0 Å². The summed E-state index contributed by atoms with van der Waals surface area (Å²) in [5.74, 6) is 1.82. The van der Waals surface area contributed by atoms with Crippen LogP contribution in [0.4, 0.5) is 0 Å². The first-order chi connectivity index (χ1) is 6.29. The molecular formula is C13H22. The standard InChI is InChI=1S/C13H22/c1-10(2)12-9-5-7-11-6-3-4-8-13(11)12/h10-11H,3-9H2,1-2H3. The summed E-state index contributed by atoms with van der Waals surface area (Å²) in [5.41, 5.74) is 3.71. The quantitative estimate of drug-likeness (QED) is 0.525. The molecule has 1 atom stereocenters. The van der Waals surface area contributed by atoms with Gasteiger partial charge in [-0.2, -0.15) is 0 Å². The Hall–Kier alpha value is -0.260. The molecule has 2 aliphatic carbocycles. The lowest BCUT2D eigenvalue weighted by atomic mass is 9.72. The summed E-state index contributed by atoms with van der Waals surface area (Å²) in [6, 6.07) is 0. The highest BCUT2D eigenvalue weighted by atomic mass is 14.3. The van der Waals surface area contributed by atoms with Crippen LogP contribution in [0.1, 0.15) is 58.8 Å². The van der Waals surface area contributed by atoms with Gasteiger partial charge in [-0.05, 0) is 50.4 Å². The Kier molecular flexibility index (Phi) is 2.76. The summed E-state index contributed by atoms with van der Waals surface area (Å²) in [6.45, 7) is 4.75. The lowest BCUT2D eigenvalue weighted by Crippen LogP contribution is -2.18. The van der Waals surface area contributed by atoms with Crippen molar-refractivity contribution in [3.63, 3.8) is 0 Å². The monoisotopic (exact) mass is 178 g/mol. The third-order valence-electron chi connectivity index (χ3n) is 3.85. The fourth-order valence-corrected chi connectivity index (χ4v) is 3.18. The van der Waals surface area contributed by atoms with Crippen molar-refractivity contribution in [1.82, 2.24) is 0 Å². The van der Waals surface area contributed by atoms with Crippen molar-refractivity contribution in [3.8, 4) is 0 Å². The molecule has 1 unspecified atom stereocenters. The zero-order valence-electron chi connectivity index (χ0n) is 9.10. The Morgan fingerprint density at radius 3 is 2.54 bits per heavy atom. The first-order valence-corrected chi connectivity index (χ1v) is 6.01. The van der Waals surface area contributed by atoms with Crippen LogP contribution in [0, 0.1) is 11.8 Å². The molecular weight excluding hydrogens is 156 g/mol. The molecule has 2 rings (SSSR count). The second kappa shape index (κ2) is 3.86. The molecule has 0 saturated heterocycles. The fraction of sp³-hybridized carbons (Fsp3) is 0.846. The van der Waals surface area contributed by atoms with Crippen molar-refractivity contribution < 1.29 is 0 Å². The molecule has 0 N–H and O–H groups in total. The highest BCUT2D eigenvalue weighted by Gasteiger charge is 2.26. The van der Waals surface area contributed by atoms with Crippen LogP contribution >= 0.6 is 0 Å². The van der Waals surface area contributed by atoms with E-state index in [-0.39, 0.29) is 0 Å². The van der Waals surface area contributed by atoms with E-state index < -0.39 is 0 Å². The van der Waals surface area contributed by atoms with Gasteiger partial charge < -0.3 is 0 Å². The average molecular weight is 178 g/mol. The maximum atomic E-state index is 2.37. The highest BCUT2D eigenvalue weighted by Crippen LogP contribution is 2.41. The Bertz CT molecular complexity index is 210. The smallest absolute Gasteiger partial charge is 0.0200 e. The zero-order chi connectivity index (χ0) is 9.26. The lowest BCUT2D eigenvalue weighted by Gasteiger charge is -2.34. The van der Waals surface area contributed by atoms with E-state index in [1.807, 2.05) is 11.1 Å². The molecule has 0 amide bonds. The predicted octanol–water partition coefficient (Wildman–Crippen LogP) is 4.31. The number of hydrogen-bond acceptors (Lipinski definition) is 0. The van der Waals surface area contributed by atoms with Gasteiger partial charge in [-0.15, -0.1) is 0 Å². The van der Waals surface area contributed by atoms with Crippen LogP contribution in [-0.2, 0) is 0 Å². The third-order valence-corrected chi connectivity index (χ3v) is 3.85. The summed E-state index contributed by atoms with van der Waals surface area (Å²) in [5, 5.41) is 0. The van der Waals surface area contributed by atoms with Gasteiger partial charge in [-0.3, -0.25) is 0 Å². The summed E-state index contributed by atoms with van der Waals surface area (Å²) < 4.78 is 0. The Morgan fingerprint density at radius 1 is 1.00 bits per heavy atom. The summed E-state index contributed by atoms with van der Waals surface area (Å²) in [7, 11) is 0. The van der Waals surface area contributed by atoms with Gasteiger partial charge >= 0.3 is 0 Å². The van der Waals surface area contributed by atoms with Crippen molar-refractivity contribution in [2.24, 2.45) is 11.8 Å². The minimum atomic E-state index is 0.816. The minimum absolute atomic E-state index is 0.816. The van der Waals surface area contributed by atoms with Crippen molar-refractivity contribution in [1.29, 1.82) is 0 Å².